The van der Waals surface area contributed by atoms with Gasteiger partial charge in [-0.1, -0.05) is 12.1 Å². The van der Waals surface area contributed by atoms with E-state index in [1.54, 1.807) is 16.7 Å². The molecule has 0 bridgehead atoms. The molecule has 0 atom stereocenters. The molecule has 2 aromatic heterocycles. The van der Waals surface area contributed by atoms with Crippen molar-refractivity contribution in [2.75, 3.05) is 0 Å². The van der Waals surface area contributed by atoms with E-state index in [9.17, 15) is 9.59 Å². The van der Waals surface area contributed by atoms with Gasteiger partial charge in [0.15, 0.2) is 0 Å². The van der Waals surface area contributed by atoms with Crippen molar-refractivity contribution in [1.29, 1.82) is 0 Å². The van der Waals surface area contributed by atoms with E-state index in [-0.39, 0.29) is 5.56 Å². The van der Waals surface area contributed by atoms with Gasteiger partial charge in [-0.05, 0) is 25.1 Å². The first-order chi connectivity index (χ1) is 8.72. The summed E-state index contributed by atoms with van der Waals surface area (Å²) in [5.41, 5.74) is 0.631. The van der Waals surface area contributed by atoms with Crippen LogP contribution in [0.4, 0.5) is 0 Å². The fraction of sp³-hybridized carbons (Fsp3) is 0.143. The van der Waals surface area contributed by atoms with Gasteiger partial charge >= 0.3 is 5.63 Å². The van der Waals surface area contributed by atoms with Gasteiger partial charge < -0.3 is 8.98 Å². The molecule has 0 unspecified atom stereocenters. The summed E-state index contributed by atoms with van der Waals surface area (Å²) in [4.78, 5) is 23.7. The van der Waals surface area contributed by atoms with Crippen LogP contribution in [0.3, 0.4) is 0 Å². The fourth-order valence-corrected chi connectivity index (χ4v) is 2.25. The summed E-state index contributed by atoms with van der Waals surface area (Å²) >= 11 is 0. The van der Waals surface area contributed by atoms with Crippen LogP contribution in [0, 0.1) is 0 Å². The van der Waals surface area contributed by atoms with Crippen molar-refractivity contribution in [2.24, 2.45) is 0 Å². The number of fused-ring (bicyclic) bond motifs is 3. The third-order valence-corrected chi connectivity index (χ3v) is 3.06. The molecule has 4 heteroatoms. The quantitative estimate of drug-likeness (QED) is 0.484. The fourth-order valence-electron chi connectivity index (χ4n) is 2.25. The largest absolute Gasteiger partial charge is 0.422 e. The van der Waals surface area contributed by atoms with E-state index in [4.69, 9.17) is 4.42 Å². The molecular formula is C14H11NO3. The van der Waals surface area contributed by atoms with Crippen LogP contribution in [-0.2, 0) is 6.54 Å². The zero-order valence-corrected chi connectivity index (χ0v) is 9.84. The summed E-state index contributed by atoms with van der Waals surface area (Å²) in [6.45, 7) is 2.40. The van der Waals surface area contributed by atoms with Crippen LogP contribution in [-0.4, -0.2) is 4.57 Å². The molecule has 3 aromatic rings. The Morgan fingerprint density at radius 2 is 1.83 bits per heavy atom. The number of nitrogens with zero attached hydrogens (tertiary/aromatic N) is 1. The Morgan fingerprint density at radius 1 is 1.06 bits per heavy atom. The molecule has 0 aliphatic rings. The van der Waals surface area contributed by atoms with E-state index in [1.807, 2.05) is 19.1 Å². The van der Waals surface area contributed by atoms with Crippen molar-refractivity contribution < 1.29 is 4.42 Å². The van der Waals surface area contributed by atoms with E-state index in [2.05, 4.69) is 0 Å². The second-order valence-corrected chi connectivity index (χ2v) is 4.06. The van der Waals surface area contributed by atoms with Crippen LogP contribution in [0.15, 0.2) is 50.4 Å². The van der Waals surface area contributed by atoms with Gasteiger partial charge in [-0.15, -0.1) is 0 Å². The molecule has 0 radical (unpaired) electrons. The number of hydrogen-bond donors (Lipinski definition) is 0. The van der Waals surface area contributed by atoms with Crippen molar-refractivity contribution >= 4 is 21.9 Å². The number of hydrogen-bond acceptors (Lipinski definition) is 3. The van der Waals surface area contributed by atoms with Crippen LogP contribution >= 0.6 is 0 Å². The highest BCUT2D eigenvalue weighted by Crippen LogP contribution is 2.21. The predicted molar refractivity (Wildman–Crippen MR) is 69.9 cm³/mol. The summed E-state index contributed by atoms with van der Waals surface area (Å²) in [5, 5.41) is 1.22. The standard InChI is InChI=1S/C14H11NO3/c1-2-15-12(16)8-7-10-13(15)9-5-3-4-6-11(9)18-14(10)17/h3-8H,2H2,1H3. The number of aryl methyl sites for hydroxylation is 1. The molecule has 0 spiro atoms. The highest BCUT2D eigenvalue weighted by Gasteiger charge is 2.10. The third-order valence-electron chi connectivity index (χ3n) is 3.06. The maximum atomic E-state index is 11.9. The highest BCUT2D eigenvalue weighted by molar-refractivity contribution is 6.01. The number of rotatable bonds is 1. The van der Waals surface area contributed by atoms with E-state index in [0.29, 0.717) is 23.0 Å². The average molecular weight is 241 g/mol. The SMILES string of the molecule is CCn1c(=O)ccc2c(=O)oc3ccccc3c21. The molecule has 3 rings (SSSR count). The maximum absolute atomic E-state index is 11.9. The molecule has 0 N–H and O–H groups in total. The summed E-state index contributed by atoms with van der Waals surface area (Å²) in [6, 6.07) is 10.2. The molecule has 2 heterocycles. The normalized spacial score (nSPS) is 11.2. The van der Waals surface area contributed by atoms with E-state index in [1.165, 1.54) is 12.1 Å². The second-order valence-electron chi connectivity index (χ2n) is 4.06. The molecular weight excluding hydrogens is 230 g/mol. The van der Waals surface area contributed by atoms with Gasteiger partial charge in [0.25, 0.3) is 5.56 Å². The van der Waals surface area contributed by atoms with Gasteiger partial charge in [-0.3, -0.25) is 4.79 Å². The first kappa shape index (κ1) is 10.8. The molecule has 0 amide bonds. The second kappa shape index (κ2) is 3.84. The van der Waals surface area contributed by atoms with Crippen LogP contribution in [0.2, 0.25) is 0 Å². The Hall–Kier alpha value is -2.36. The predicted octanol–water partition coefficient (Wildman–Crippen LogP) is 2.13. The van der Waals surface area contributed by atoms with Crippen molar-refractivity contribution in [3.8, 4) is 0 Å². The Balaban J connectivity index is 2.73. The lowest BCUT2D eigenvalue weighted by Crippen LogP contribution is -2.20. The van der Waals surface area contributed by atoms with E-state index < -0.39 is 5.63 Å². The molecule has 0 saturated carbocycles. The minimum atomic E-state index is -0.411. The molecule has 18 heavy (non-hydrogen) atoms. The molecule has 0 fully saturated rings. The number of benzene rings is 1. The Labute approximate surface area is 102 Å². The van der Waals surface area contributed by atoms with Crippen LogP contribution in [0.5, 0.6) is 0 Å². The van der Waals surface area contributed by atoms with Gasteiger partial charge in [0.05, 0.1) is 10.9 Å². The van der Waals surface area contributed by atoms with Crippen LogP contribution in [0.1, 0.15) is 6.92 Å². The monoisotopic (exact) mass is 241 g/mol. The molecule has 0 aliphatic carbocycles. The average Bonchev–Trinajstić information content (AvgIpc) is 2.38. The minimum Gasteiger partial charge on any atom is -0.422 e. The molecule has 90 valence electrons. The topological polar surface area (TPSA) is 52.2 Å². The lowest BCUT2D eigenvalue weighted by atomic mass is 10.1. The van der Waals surface area contributed by atoms with Gasteiger partial charge in [0.1, 0.15) is 5.58 Å². The number of aromatic nitrogens is 1. The van der Waals surface area contributed by atoms with E-state index >= 15 is 0 Å². The lowest BCUT2D eigenvalue weighted by Gasteiger charge is -2.08. The van der Waals surface area contributed by atoms with Crippen LogP contribution < -0.4 is 11.2 Å². The molecule has 4 nitrogen and oxygen atoms in total. The Kier molecular flexibility index (Phi) is 2.30. The lowest BCUT2D eigenvalue weighted by molar-refractivity contribution is 0.568. The summed E-state index contributed by atoms with van der Waals surface area (Å²) < 4.78 is 6.84. The van der Waals surface area contributed by atoms with Crippen molar-refractivity contribution in [3.63, 3.8) is 0 Å². The van der Waals surface area contributed by atoms with Gasteiger partial charge in [-0.2, -0.15) is 0 Å². The Bertz CT molecular complexity index is 858. The molecule has 0 saturated heterocycles. The van der Waals surface area contributed by atoms with Gasteiger partial charge in [-0.25, -0.2) is 4.79 Å². The first-order valence-corrected chi connectivity index (χ1v) is 5.78. The van der Waals surface area contributed by atoms with Gasteiger partial charge in [0.2, 0.25) is 0 Å². The van der Waals surface area contributed by atoms with E-state index in [0.717, 1.165) is 5.39 Å². The van der Waals surface area contributed by atoms with Gasteiger partial charge in [0, 0.05) is 18.0 Å². The van der Waals surface area contributed by atoms with Crippen LogP contribution in [0.25, 0.3) is 21.9 Å². The zero-order chi connectivity index (χ0) is 12.7. The third kappa shape index (κ3) is 1.39. The summed E-state index contributed by atoms with van der Waals surface area (Å²) in [6.07, 6.45) is 0. The van der Waals surface area contributed by atoms with Crippen molar-refractivity contribution in [3.05, 3.63) is 57.2 Å². The minimum absolute atomic E-state index is 0.110. The number of pyridine rings is 1. The first-order valence-electron chi connectivity index (χ1n) is 5.78. The summed E-state index contributed by atoms with van der Waals surface area (Å²) in [5.74, 6) is 0. The summed E-state index contributed by atoms with van der Waals surface area (Å²) in [7, 11) is 0. The molecule has 0 aliphatic heterocycles. The molecule has 1 aromatic carbocycles. The maximum Gasteiger partial charge on any atom is 0.345 e. The van der Waals surface area contributed by atoms with Crippen molar-refractivity contribution in [2.45, 2.75) is 13.5 Å². The smallest absolute Gasteiger partial charge is 0.345 e. The zero-order valence-electron chi connectivity index (χ0n) is 9.84. The van der Waals surface area contributed by atoms with Crippen molar-refractivity contribution in [1.82, 2.24) is 4.57 Å². The number of para-hydroxylation sites is 1. The highest BCUT2D eigenvalue weighted by atomic mass is 16.4. The Morgan fingerprint density at radius 3 is 2.61 bits per heavy atom.